The van der Waals surface area contributed by atoms with Gasteiger partial charge >= 0.3 is 11.8 Å². The first-order chi connectivity index (χ1) is 9.95. The van der Waals surface area contributed by atoms with Crippen molar-refractivity contribution in [2.24, 2.45) is 0 Å². The molecule has 0 radical (unpaired) electrons. The van der Waals surface area contributed by atoms with Crippen molar-refractivity contribution in [3.05, 3.63) is 59.9 Å². The van der Waals surface area contributed by atoms with Crippen LogP contribution in [0.4, 0.5) is 24.5 Å². The largest absolute Gasteiger partial charge is 0.318 e. The molecule has 2 aromatic rings. The molecule has 0 aliphatic heterocycles. The van der Waals surface area contributed by atoms with Crippen LogP contribution in [0.3, 0.4) is 0 Å². The predicted molar refractivity (Wildman–Crippen MR) is 70.0 cm³/mol. The van der Waals surface area contributed by atoms with Crippen molar-refractivity contribution in [1.29, 1.82) is 0 Å². The number of hydrogen-bond donors (Lipinski definition) is 2. The molecule has 0 heterocycles. The third kappa shape index (κ3) is 3.82. The standard InChI is InChI=1S/C14H9F3N2O2/c15-8-1-3-9(4-2-8)18-13(20)14(21)19-10-5-6-11(16)12(17)7-10/h1-7H,(H,18,20)(H,19,21). The lowest BCUT2D eigenvalue weighted by Crippen LogP contribution is -2.29. The van der Waals surface area contributed by atoms with E-state index in [4.69, 9.17) is 0 Å². The van der Waals surface area contributed by atoms with Crippen molar-refractivity contribution < 1.29 is 22.8 Å². The van der Waals surface area contributed by atoms with Crippen molar-refractivity contribution in [2.75, 3.05) is 10.6 Å². The van der Waals surface area contributed by atoms with Gasteiger partial charge in [0, 0.05) is 17.4 Å². The summed E-state index contributed by atoms with van der Waals surface area (Å²) in [5.41, 5.74) is 0.162. The van der Waals surface area contributed by atoms with E-state index in [1.807, 2.05) is 0 Å². The number of benzene rings is 2. The van der Waals surface area contributed by atoms with Gasteiger partial charge in [-0.3, -0.25) is 9.59 Å². The van der Waals surface area contributed by atoms with Crippen molar-refractivity contribution in [1.82, 2.24) is 0 Å². The van der Waals surface area contributed by atoms with Crippen LogP contribution in [0.25, 0.3) is 0 Å². The Morgan fingerprint density at radius 2 is 1.24 bits per heavy atom. The number of halogens is 3. The van der Waals surface area contributed by atoms with Crippen molar-refractivity contribution in [2.45, 2.75) is 0 Å². The molecule has 7 heteroatoms. The summed E-state index contributed by atoms with van der Waals surface area (Å²) in [5.74, 6) is -4.79. The van der Waals surface area contributed by atoms with E-state index in [1.165, 1.54) is 12.1 Å². The van der Waals surface area contributed by atoms with Gasteiger partial charge < -0.3 is 10.6 Å². The van der Waals surface area contributed by atoms with E-state index in [2.05, 4.69) is 10.6 Å². The second-order valence-electron chi connectivity index (χ2n) is 4.04. The molecule has 0 unspecified atom stereocenters. The third-order valence-corrected chi connectivity index (χ3v) is 2.49. The van der Waals surface area contributed by atoms with E-state index in [0.717, 1.165) is 30.3 Å². The fourth-order valence-electron chi connectivity index (χ4n) is 1.48. The summed E-state index contributed by atoms with van der Waals surface area (Å²) in [4.78, 5) is 23.1. The van der Waals surface area contributed by atoms with Gasteiger partial charge in [0.25, 0.3) is 0 Å². The predicted octanol–water partition coefficient (Wildman–Crippen LogP) is 2.68. The van der Waals surface area contributed by atoms with Gasteiger partial charge in [-0.05, 0) is 36.4 Å². The first kappa shape index (κ1) is 14.6. The van der Waals surface area contributed by atoms with E-state index in [-0.39, 0.29) is 11.4 Å². The van der Waals surface area contributed by atoms with Crippen molar-refractivity contribution in [3.63, 3.8) is 0 Å². The zero-order chi connectivity index (χ0) is 15.4. The average molecular weight is 294 g/mol. The summed E-state index contributed by atoms with van der Waals surface area (Å²) < 4.78 is 38.4. The highest BCUT2D eigenvalue weighted by atomic mass is 19.2. The van der Waals surface area contributed by atoms with Crippen LogP contribution in [-0.2, 0) is 9.59 Å². The molecule has 0 spiro atoms. The van der Waals surface area contributed by atoms with Crippen LogP contribution in [-0.4, -0.2) is 11.8 Å². The van der Waals surface area contributed by atoms with Crippen molar-refractivity contribution >= 4 is 23.2 Å². The summed E-state index contributed by atoms with van der Waals surface area (Å²) in [5, 5.41) is 4.34. The van der Waals surface area contributed by atoms with E-state index < -0.39 is 29.3 Å². The van der Waals surface area contributed by atoms with E-state index >= 15 is 0 Å². The zero-order valence-corrected chi connectivity index (χ0v) is 10.5. The highest BCUT2D eigenvalue weighted by Crippen LogP contribution is 2.13. The van der Waals surface area contributed by atoms with Gasteiger partial charge in [-0.1, -0.05) is 0 Å². The molecule has 2 rings (SSSR count). The SMILES string of the molecule is O=C(Nc1ccc(F)cc1)C(=O)Nc1ccc(F)c(F)c1. The number of anilines is 2. The Morgan fingerprint density at radius 3 is 1.81 bits per heavy atom. The lowest BCUT2D eigenvalue weighted by molar-refractivity contribution is -0.133. The fourth-order valence-corrected chi connectivity index (χ4v) is 1.48. The van der Waals surface area contributed by atoms with Crippen LogP contribution in [0.5, 0.6) is 0 Å². The molecular weight excluding hydrogens is 285 g/mol. The second-order valence-corrected chi connectivity index (χ2v) is 4.04. The maximum absolute atomic E-state index is 13.0. The molecular formula is C14H9F3N2O2. The normalized spacial score (nSPS) is 10.0. The van der Waals surface area contributed by atoms with Crippen LogP contribution >= 0.6 is 0 Å². The summed E-state index contributed by atoms with van der Waals surface area (Å²) in [6.45, 7) is 0. The minimum absolute atomic E-state index is 0.0619. The minimum atomic E-state index is -1.15. The van der Waals surface area contributed by atoms with Crippen LogP contribution in [0.1, 0.15) is 0 Å². The first-order valence-electron chi connectivity index (χ1n) is 5.78. The molecule has 0 aliphatic rings. The lowest BCUT2D eigenvalue weighted by Gasteiger charge is -2.06. The molecule has 21 heavy (non-hydrogen) atoms. The number of carbonyl (C=O) groups is 2. The number of hydrogen-bond acceptors (Lipinski definition) is 2. The smallest absolute Gasteiger partial charge is 0.314 e. The Balaban J connectivity index is 2.00. The molecule has 0 aliphatic carbocycles. The molecule has 108 valence electrons. The van der Waals surface area contributed by atoms with E-state index in [9.17, 15) is 22.8 Å². The maximum Gasteiger partial charge on any atom is 0.314 e. The Morgan fingerprint density at radius 1 is 0.714 bits per heavy atom. The topological polar surface area (TPSA) is 58.2 Å². The van der Waals surface area contributed by atoms with E-state index in [0.29, 0.717) is 0 Å². The van der Waals surface area contributed by atoms with Crippen molar-refractivity contribution in [3.8, 4) is 0 Å². The number of nitrogens with one attached hydrogen (secondary N) is 2. The Hall–Kier alpha value is -2.83. The molecule has 0 aromatic heterocycles. The monoisotopic (exact) mass is 294 g/mol. The number of amides is 2. The van der Waals surface area contributed by atoms with E-state index in [1.54, 1.807) is 0 Å². The minimum Gasteiger partial charge on any atom is -0.318 e. The molecule has 2 N–H and O–H groups in total. The van der Waals surface area contributed by atoms with Gasteiger partial charge in [-0.25, -0.2) is 13.2 Å². The third-order valence-electron chi connectivity index (χ3n) is 2.49. The van der Waals surface area contributed by atoms with Gasteiger partial charge in [-0.15, -0.1) is 0 Å². The fraction of sp³-hybridized carbons (Fsp3) is 0. The first-order valence-corrected chi connectivity index (χ1v) is 5.78. The Labute approximate surface area is 117 Å². The Bertz CT molecular complexity index is 687. The quantitative estimate of drug-likeness (QED) is 0.837. The maximum atomic E-state index is 13.0. The van der Waals surface area contributed by atoms with Crippen LogP contribution in [0.2, 0.25) is 0 Å². The molecule has 0 atom stereocenters. The van der Waals surface area contributed by atoms with Gasteiger partial charge in [-0.2, -0.15) is 0 Å². The Kier molecular flexibility index (Phi) is 4.22. The van der Waals surface area contributed by atoms with Gasteiger partial charge in [0.05, 0.1) is 0 Å². The number of carbonyl (C=O) groups excluding carboxylic acids is 2. The van der Waals surface area contributed by atoms with Gasteiger partial charge in [0.1, 0.15) is 5.82 Å². The van der Waals surface area contributed by atoms with Crippen LogP contribution < -0.4 is 10.6 Å². The molecule has 2 amide bonds. The summed E-state index contributed by atoms with van der Waals surface area (Å²) in [6.07, 6.45) is 0. The van der Waals surface area contributed by atoms with Crippen LogP contribution in [0.15, 0.2) is 42.5 Å². The highest BCUT2D eigenvalue weighted by molar-refractivity contribution is 6.43. The summed E-state index contributed by atoms with van der Waals surface area (Å²) >= 11 is 0. The highest BCUT2D eigenvalue weighted by Gasteiger charge is 2.15. The summed E-state index contributed by atoms with van der Waals surface area (Å²) in [7, 11) is 0. The zero-order valence-electron chi connectivity index (χ0n) is 10.5. The summed E-state index contributed by atoms with van der Waals surface area (Å²) in [6, 6.07) is 7.46. The molecule has 0 saturated heterocycles. The number of rotatable bonds is 2. The molecule has 2 aromatic carbocycles. The molecule has 0 saturated carbocycles. The average Bonchev–Trinajstić information content (AvgIpc) is 2.45. The molecule has 4 nitrogen and oxygen atoms in total. The molecule has 0 bridgehead atoms. The lowest BCUT2D eigenvalue weighted by atomic mass is 10.3. The van der Waals surface area contributed by atoms with Gasteiger partial charge in [0.15, 0.2) is 11.6 Å². The molecule has 0 fully saturated rings. The second kappa shape index (κ2) is 6.08. The van der Waals surface area contributed by atoms with Gasteiger partial charge in [0.2, 0.25) is 0 Å². The van der Waals surface area contributed by atoms with Crippen LogP contribution in [0, 0.1) is 17.5 Å².